The zero-order valence-corrected chi connectivity index (χ0v) is 17.9. The van der Waals surface area contributed by atoms with Crippen molar-refractivity contribution in [2.24, 2.45) is 11.8 Å². The lowest BCUT2D eigenvalue weighted by atomic mass is 9.79. The van der Waals surface area contributed by atoms with E-state index in [1.54, 1.807) is 12.1 Å². The number of hydrogen-bond acceptors (Lipinski definition) is 0. The minimum absolute atomic E-state index is 0.427. The summed E-state index contributed by atoms with van der Waals surface area (Å²) in [5.74, 6) is -0.506. The van der Waals surface area contributed by atoms with Crippen molar-refractivity contribution in [1.82, 2.24) is 0 Å². The number of halogens is 4. The first kappa shape index (κ1) is 22.8. The lowest BCUT2D eigenvalue weighted by Gasteiger charge is -2.26. The monoisotopic (exact) mass is 420 g/mol. The van der Waals surface area contributed by atoms with E-state index in [-0.39, 0.29) is 0 Å². The molecule has 4 rings (SSSR count). The van der Waals surface area contributed by atoms with Crippen LogP contribution in [-0.4, -0.2) is 0 Å². The van der Waals surface area contributed by atoms with Gasteiger partial charge in [-0.05, 0) is 84.7 Å². The number of hydrogen-bond donors (Lipinski definition) is 0. The van der Waals surface area contributed by atoms with E-state index < -0.39 is 23.3 Å². The molecule has 4 heteroatoms. The maximum atomic E-state index is 13.0. The molecule has 0 radical (unpaired) electrons. The predicted molar refractivity (Wildman–Crippen MR) is 113 cm³/mol. The van der Waals surface area contributed by atoms with E-state index in [0.717, 1.165) is 48.6 Å². The summed E-state index contributed by atoms with van der Waals surface area (Å²) in [4.78, 5) is 0. The van der Waals surface area contributed by atoms with Crippen molar-refractivity contribution >= 4 is 0 Å². The molecule has 0 N–H and O–H groups in total. The number of rotatable bonds is 2. The summed E-state index contributed by atoms with van der Waals surface area (Å²) in [6, 6.07) is 8.63. The molecule has 164 valence electrons. The summed E-state index contributed by atoms with van der Waals surface area (Å²) in [5, 5.41) is 0. The Labute approximate surface area is 177 Å². The molecule has 2 saturated carbocycles. The molecule has 2 aromatic carbocycles. The maximum Gasteiger partial charge on any atom is 0.159 e. The van der Waals surface area contributed by atoms with Gasteiger partial charge in [-0.2, -0.15) is 0 Å². The SMILES string of the molecule is CC1CCC(c2ccc(F)c(F)c2)CC1.CC1CCC(c2ccc(F)c(F)c2)CC1. The summed E-state index contributed by atoms with van der Waals surface area (Å²) < 4.78 is 51.6. The predicted octanol–water partition coefficient (Wildman–Crippen LogP) is 8.52. The molecule has 0 aromatic heterocycles. The Morgan fingerprint density at radius 2 is 0.833 bits per heavy atom. The van der Waals surface area contributed by atoms with Crippen LogP contribution in [0.2, 0.25) is 0 Å². The molecule has 0 bridgehead atoms. The number of benzene rings is 2. The van der Waals surface area contributed by atoms with Gasteiger partial charge < -0.3 is 0 Å². The van der Waals surface area contributed by atoms with Crippen LogP contribution in [0.25, 0.3) is 0 Å². The van der Waals surface area contributed by atoms with Crippen LogP contribution in [-0.2, 0) is 0 Å². The summed E-state index contributed by atoms with van der Waals surface area (Å²) in [6.07, 6.45) is 9.21. The van der Waals surface area contributed by atoms with Crippen molar-refractivity contribution in [1.29, 1.82) is 0 Å². The third-order valence-electron chi connectivity index (χ3n) is 6.86. The minimum Gasteiger partial charge on any atom is -0.204 e. The highest BCUT2D eigenvalue weighted by atomic mass is 19.2. The van der Waals surface area contributed by atoms with E-state index in [4.69, 9.17) is 0 Å². The molecule has 0 aliphatic heterocycles. The molecule has 2 fully saturated rings. The fourth-order valence-corrected chi connectivity index (χ4v) is 4.72. The van der Waals surface area contributed by atoms with Gasteiger partial charge in [0.05, 0.1) is 0 Å². The Morgan fingerprint density at radius 3 is 1.13 bits per heavy atom. The van der Waals surface area contributed by atoms with Crippen LogP contribution < -0.4 is 0 Å². The van der Waals surface area contributed by atoms with Crippen LogP contribution in [0.15, 0.2) is 36.4 Å². The largest absolute Gasteiger partial charge is 0.204 e. The molecule has 2 aromatic rings. The average molecular weight is 421 g/mol. The first-order valence-electron chi connectivity index (χ1n) is 11.2. The van der Waals surface area contributed by atoms with Crippen molar-refractivity contribution in [3.8, 4) is 0 Å². The summed E-state index contributed by atoms with van der Waals surface area (Å²) in [6.45, 7) is 4.50. The van der Waals surface area contributed by atoms with Gasteiger partial charge in [-0.3, -0.25) is 0 Å². The van der Waals surface area contributed by atoms with Crippen molar-refractivity contribution in [2.45, 2.75) is 77.0 Å². The normalized spacial score (nSPS) is 26.6. The van der Waals surface area contributed by atoms with Crippen molar-refractivity contribution in [3.63, 3.8) is 0 Å². The van der Waals surface area contributed by atoms with Gasteiger partial charge in [0.2, 0.25) is 0 Å². The second kappa shape index (κ2) is 10.5. The quantitative estimate of drug-likeness (QED) is 0.427. The molecule has 30 heavy (non-hydrogen) atoms. The van der Waals surface area contributed by atoms with Gasteiger partial charge in [0.25, 0.3) is 0 Å². The fourth-order valence-electron chi connectivity index (χ4n) is 4.72. The van der Waals surface area contributed by atoms with Crippen molar-refractivity contribution in [3.05, 3.63) is 70.8 Å². The highest BCUT2D eigenvalue weighted by molar-refractivity contribution is 5.23. The van der Waals surface area contributed by atoms with Gasteiger partial charge in [0.15, 0.2) is 23.3 Å². The molecule has 2 aliphatic rings. The lowest BCUT2D eigenvalue weighted by Crippen LogP contribution is -2.11. The van der Waals surface area contributed by atoms with Crippen LogP contribution in [0.4, 0.5) is 17.6 Å². The topological polar surface area (TPSA) is 0 Å². The zero-order chi connectivity index (χ0) is 21.7. The molecule has 0 spiro atoms. The summed E-state index contributed by atoms with van der Waals surface area (Å²) in [7, 11) is 0. The van der Waals surface area contributed by atoms with Gasteiger partial charge >= 0.3 is 0 Å². The Hall–Kier alpha value is -1.84. The first-order chi connectivity index (χ1) is 14.3. The molecule has 0 unspecified atom stereocenters. The van der Waals surface area contributed by atoms with Crippen LogP contribution in [0.5, 0.6) is 0 Å². The van der Waals surface area contributed by atoms with Gasteiger partial charge in [-0.25, -0.2) is 17.6 Å². The lowest BCUT2D eigenvalue weighted by molar-refractivity contribution is 0.347. The molecule has 0 saturated heterocycles. The van der Waals surface area contributed by atoms with Gasteiger partial charge in [0, 0.05) is 0 Å². The molecule has 0 atom stereocenters. The summed E-state index contributed by atoms with van der Waals surface area (Å²) >= 11 is 0. The molecule has 0 heterocycles. The fraction of sp³-hybridized carbons (Fsp3) is 0.538. The summed E-state index contributed by atoms with van der Waals surface area (Å²) in [5.41, 5.74) is 1.92. The van der Waals surface area contributed by atoms with Gasteiger partial charge in [0.1, 0.15) is 0 Å². The highest BCUT2D eigenvalue weighted by Crippen LogP contribution is 2.36. The Morgan fingerprint density at radius 1 is 0.500 bits per heavy atom. The van der Waals surface area contributed by atoms with Gasteiger partial charge in [-0.1, -0.05) is 51.7 Å². The molecular formula is C26H32F4. The first-order valence-corrected chi connectivity index (χ1v) is 11.2. The minimum atomic E-state index is -0.747. The van der Waals surface area contributed by atoms with Gasteiger partial charge in [-0.15, -0.1) is 0 Å². The molecule has 0 nitrogen and oxygen atoms in total. The third-order valence-corrected chi connectivity index (χ3v) is 6.86. The molecular weight excluding hydrogens is 388 g/mol. The maximum absolute atomic E-state index is 13.0. The highest BCUT2D eigenvalue weighted by Gasteiger charge is 2.21. The van der Waals surface area contributed by atoms with E-state index in [1.165, 1.54) is 49.9 Å². The van der Waals surface area contributed by atoms with E-state index in [2.05, 4.69) is 13.8 Å². The van der Waals surface area contributed by atoms with Crippen LogP contribution >= 0.6 is 0 Å². The standard InChI is InChI=1S/2C13H16F2/c2*1-9-2-4-10(5-3-9)11-6-7-12(14)13(15)8-11/h2*6-10H,2-5H2,1H3. The van der Waals surface area contributed by atoms with Crippen LogP contribution in [0.3, 0.4) is 0 Å². The Bertz CT molecular complexity index is 746. The van der Waals surface area contributed by atoms with Crippen molar-refractivity contribution in [2.75, 3.05) is 0 Å². The molecule has 2 aliphatic carbocycles. The Balaban J connectivity index is 0.000000171. The zero-order valence-electron chi connectivity index (χ0n) is 17.9. The second-order valence-electron chi connectivity index (χ2n) is 9.26. The van der Waals surface area contributed by atoms with E-state index in [1.807, 2.05) is 0 Å². The average Bonchev–Trinajstić information content (AvgIpc) is 2.74. The van der Waals surface area contributed by atoms with Crippen molar-refractivity contribution < 1.29 is 17.6 Å². The Kier molecular flexibility index (Phi) is 7.96. The smallest absolute Gasteiger partial charge is 0.159 e. The van der Waals surface area contributed by atoms with Crippen LogP contribution in [0.1, 0.15) is 88.2 Å². The van der Waals surface area contributed by atoms with E-state index >= 15 is 0 Å². The van der Waals surface area contributed by atoms with E-state index in [0.29, 0.717) is 11.8 Å². The third kappa shape index (κ3) is 6.09. The van der Waals surface area contributed by atoms with Crippen LogP contribution in [0, 0.1) is 35.1 Å². The second-order valence-corrected chi connectivity index (χ2v) is 9.26. The molecule has 0 amide bonds. The van der Waals surface area contributed by atoms with E-state index in [9.17, 15) is 17.6 Å².